The molecule has 28 heavy (non-hydrogen) atoms. The van der Waals surface area contributed by atoms with E-state index in [2.05, 4.69) is 9.97 Å². The van der Waals surface area contributed by atoms with Crippen LogP contribution in [0.25, 0.3) is 11.4 Å². The summed E-state index contributed by atoms with van der Waals surface area (Å²) in [5.41, 5.74) is -1.74. The Morgan fingerprint density at radius 1 is 1.18 bits per heavy atom. The first kappa shape index (κ1) is 21.9. The first-order valence-electron chi connectivity index (χ1n) is 7.63. The summed E-state index contributed by atoms with van der Waals surface area (Å²) in [6, 6.07) is 3.17. The largest absolute Gasteiger partial charge is 0.425 e. The van der Waals surface area contributed by atoms with Crippen LogP contribution in [-0.2, 0) is 16.4 Å². The molecule has 2 rings (SSSR count). The summed E-state index contributed by atoms with van der Waals surface area (Å²) in [4.78, 5) is 19.2. The Hall–Kier alpha value is -2.44. The first-order valence-corrected chi connectivity index (χ1v) is 9.28. The Balaban J connectivity index is 2.44. The standard InChI is InChI=1S/C15H13F6N3O3S/c1-2-28(26,27)10-4-3-5-22-12(10)9-6-11(25)24(8-23-9)7-14(17,18)13(16)15(19,20)21/h3-6,8,13H,2,7H2,1H3. The summed E-state index contributed by atoms with van der Waals surface area (Å²) in [6.07, 6.45) is -8.59. The number of aromatic nitrogens is 3. The Bertz CT molecular complexity index is 1020. The van der Waals surface area contributed by atoms with E-state index in [-0.39, 0.29) is 26.6 Å². The summed E-state index contributed by atoms with van der Waals surface area (Å²) in [6.45, 7) is -0.532. The van der Waals surface area contributed by atoms with Crippen LogP contribution >= 0.6 is 0 Å². The average Bonchev–Trinajstić information content (AvgIpc) is 2.62. The van der Waals surface area contributed by atoms with Gasteiger partial charge >= 0.3 is 12.1 Å². The van der Waals surface area contributed by atoms with Gasteiger partial charge in [0.1, 0.15) is 5.69 Å². The summed E-state index contributed by atoms with van der Waals surface area (Å²) >= 11 is 0. The molecule has 0 spiro atoms. The lowest BCUT2D eigenvalue weighted by Crippen LogP contribution is -2.46. The van der Waals surface area contributed by atoms with Gasteiger partial charge in [-0.2, -0.15) is 13.2 Å². The quantitative estimate of drug-likeness (QED) is 0.660. The maximum absolute atomic E-state index is 13.5. The van der Waals surface area contributed by atoms with E-state index in [1.165, 1.54) is 25.3 Å². The fourth-order valence-electron chi connectivity index (χ4n) is 2.21. The second-order valence-corrected chi connectivity index (χ2v) is 7.91. The van der Waals surface area contributed by atoms with Gasteiger partial charge in [0, 0.05) is 12.3 Å². The van der Waals surface area contributed by atoms with Crippen molar-refractivity contribution in [2.24, 2.45) is 0 Å². The molecule has 1 atom stereocenters. The van der Waals surface area contributed by atoms with Gasteiger partial charge in [-0.25, -0.2) is 26.6 Å². The SMILES string of the molecule is CCS(=O)(=O)c1cccnc1-c1cc(=O)n(CC(F)(F)C(F)C(F)(F)F)cn1. The summed E-state index contributed by atoms with van der Waals surface area (Å²) < 4.78 is 101. The Morgan fingerprint density at radius 2 is 1.82 bits per heavy atom. The zero-order chi connectivity index (χ0) is 21.3. The third-order valence-electron chi connectivity index (χ3n) is 3.65. The topological polar surface area (TPSA) is 81.9 Å². The number of hydrogen-bond acceptors (Lipinski definition) is 5. The van der Waals surface area contributed by atoms with Crippen LogP contribution in [0.5, 0.6) is 0 Å². The van der Waals surface area contributed by atoms with Gasteiger partial charge in [-0.1, -0.05) is 6.92 Å². The average molecular weight is 429 g/mol. The second-order valence-electron chi connectivity index (χ2n) is 5.66. The van der Waals surface area contributed by atoms with Crippen LogP contribution in [0.4, 0.5) is 26.3 Å². The van der Waals surface area contributed by atoms with Crippen LogP contribution in [0.15, 0.2) is 40.4 Å². The van der Waals surface area contributed by atoms with Gasteiger partial charge < -0.3 is 0 Å². The van der Waals surface area contributed by atoms with Crippen molar-refractivity contribution in [3.05, 3.63) is 41.1 Å². The van der Waals surface area contributed by atoms with Gasteiger partial charge in [0.05, 0.1) is 29.2 Å². The number of nitrogens with zero attached hydrogens (tertiary/aromatic N) is 3. The fraction of sp³-hybridized carbons (Fsp3) is 0.400. The van der Waals surface area contributed by atoms with Crippen molar-refractivity contribution in [1.29, 1.82) is 0 Å². The molecule has 0 bridgehead atoms. The zero-order valence-electron chi connectivity index (χ0n) is 14.1. The predicted octanol–water partition coefficient (Wildman–Crippen LogP) is 2.63. The van der Waals surface area contributed by atoms with E-state index in [1.807, 2.05) is 0 Å². The summed E-state index contributed by atoms with van der Waals surface area (Å²) in [5.74, 6) is -5.20. The van der Waals surface area contributed by atoms with E-state index in [0.29, 0.717) is 12.4 Å². The lowest BCUT2D eigenvalue weighted by Gasteiger charge is -2.23. The van der Waals surface area contributed by atoms with E-state index >= 15 is 0 Å². The maximum Gasteiger partial charge on any atom is 0.425 e. The highest BCUT2D eigenvalue weighted by Gasteiger charge is 2.56. The van der Waals surface area contributed by atoms with Crippen molar-refractivity contribution in [2.75, 3.05) is 5.75 Å². The molecule has 2 aromatic heterocycles. The summed E-state index contributed by atoms with van der Waals surface area (Å²) in [5, 5.41) is 0. The monoisotopic (exact) mass is 429 g/mol. The van der Waals surface area contributed by atoms with E-state index in [4.69, 9.17) is 0 Å². The van der Waals surface area contributed by atoms with Gasteiger partial charge in [-0.05, 0) is 12.1 Å². The van der Waals surface area contributed by atoms with Crippen LogP contribution in [0.3, 0.4) is 0 Å². The van der Waals surface area contributed by atoms with Crippen LogP contribution in [0.1, 0.15) is 6.92 Å². The molecule has 0 N–H and O–H groups in total. The van der Waals surface area contributed by atoms with E-state index in [0.717, 1.165) is 0 Å². The smallest absolute Gasteiger partial charge is 0.293 e. The number of halogens is 6. The number of alkyl halides is 6. The Kier molecular flexibility index (Phi) is 5.87. The molecule has 0 saturated carbocycles. The second kappa shape index (κ2) is 7.53. The van der Waals surface area contributed by atoms with Gasteiger partial charge in [0.25, 0.3) is 11.7 Å². The molecule has 2 aromatic rings. The Labute approximate surface area is 154 Å². The molecular formula is C15H13F6N3O3S. The molecule has 0 aliphatic carbocycles. The molecule has 13 heteroatoms. The van der Waals surface area contributed by atoms with Crippen molar-refractivity contribution in [1.82, 2.24) is 14.5 Å². The van der Waals surface area contributed by atoms with Crippen LogP contribution in [0, 0.1) is 0 Å². The van der Waals surface area contributed by atoms with Crippen LogP contribution < -0.4 is 5.56 Å². The molecular weight excluding hydrogens is 416 g/mol. The minimum absolute atomic E-state index is 0.0960. The third kappa shape index (κ3) is 4.51. The van der Waals surface area contributed by atoms with E-state index in [9.17, 15) is 39.6 Å². The molecule has 2 heterocycles. The molecule has 0 aliphatic heterocycles. The molecule has 1 unspecified atom stereocenters. The van der Waals surface area contributed by atoms with Gasteiger partial charge in [0.2, 0.25) is 0 Å². The number of rotatable bonds is 6. The molecule has 0 aromatic carbocycles. The summed E-state index contributed by atoms with van der Waals surface area (Å²) in [7, 11) is -3.76. The van der Waals surface area contributed by atoms with Crippen molar-refractivity contribution < 1.29 is 34.8 Å². The third-order valence-corrected chi connectivity index (χ3v) is 5.41. The lowest BCUT2D eigenvalue weighted by molar-refractivity contribution is -0.247. The van der Waals surface area contributed by atoms with Crippen LogP contribution in [0.2, 0.25) is 0 Å². The molecule has 0 fully saturated rings. The predicted molar refractivity (Wildman–Crippen MR) is 85.4 cm³/mol. The number of pyridine rings is 1. The highest BCUT2D eigenvalue weighted by molar-refractivity contribution is 7.91. The molecule has 154 valence electrons. The number of hydrogen-bond donors (Lipinski definition) is 0. The normalized spacial score (nSPS) is 14.1. The molecule has 0 amide bonds. The fourth-order valence-corrected chi connectivity index (χ4v) is 3.26. The highest BCUT2D eigenvalue weighted by Crippen LogP contribution is 2.35. The minimum atomic E-state index is -5.81. The maximum atomic E-state index is 13.5. The van der Waals surface area contributed by atoms with Crippen molar-refractivity contribution >= 4 is 9.84 Å². The van der Waals surface area contributed by atoms with E-state index < -0.39 is 40.2 Å². The molecule has 0 aliphatic rings. The van der Waals surface area contributed by atoms with Gasteiger partial charge in [-0.3, -0.25) is 14.3 Å². The van der Waals surface area contributed by atoms with Crippen molar-refractivity contribution in [3.63, 3.8) is 0 Å². The van der Waals surface area contributed by atoms with E-state index in [1.54, 1.807) is 0 Å². The van der Waals surface area contributed by atoms with Gasteiger partial charge in [-0.15, -0.1) is 0 Å². The molecule has 0 saturated heterocycles. The Morgan fingerprint density at radius 3 is 2.36 bits per heavy atom. The molecule has 6 nitrogen and oxygen atoms in total. The van der Waals surface area contributed by atoms with Crippen molar-refractivity contribution in [3.8, 4) is 11.4 Å². The number of sulfone groups is 1. The van der Waals surface area contributed by atoms with Crippen molar-refractivity contribution in [2.45, 2.75) is 36.6 Å². The molecule has 0 radical (unpaired) electrons. The zero-order valence-corrected chi connectivity index (χ0v) is 14.9. The first-order chi connectivity index (χ1) is 12.8. The van der Waals surface area contributed by atoms with Crippen LogP contribution in [-0.4, -0.2) is 47.0 Å². The highest BCUT2D eigenvalue weighted by atomic mass is 32.2. The minimum Gasteiger partial charge on any atom is -0.293 e. The lowest BCUT2D eigenvalue weighted by atomic mass is 10.2. The van der Waals surface area contributed by atoms with Gasteiger partial charge in [0.15, 0.2) is 9.84 Å².